The third-order valence-electron chi connectivity index (χ3n) is 5.32. The van der Waals surface area contributed by atoms with E-state index in [1.54, 1.807) is 41.8 Å². The number of anilines is 1. The number of benzene rings is 1. The Bertz CT molecular complexity index is 1300. The second-order valence-corrected chi connectivity index (χ2v) is 7.18. The van der Waals surface area contributed by atoms with Crippen molar-refractivity contribution in [1.29, 1.82) is 0 Å². The Morgan fingerprint density at radius 1 is 1.03 bits per heavy atom. The highest BCUT2D eigenvalue weighted by molar-refractivity contribution is 5.87. The van der Waals surface area contributed by atoms with Gasteiger partial charge in [-0.15, -0.1) is 20.4 Å². The van der Waals surface area contributed by atoms with Gasteiger partial charge in [-0.3, -0.25) is 13.8 Å². The van der Waals surface area contributed by atoms with Gasteiger partial charge in [0.05, 0.1) is 10.9 Å². The smallest absolute Gasteiger partial charge is 0.359 e. The van der Waals surface area contributed by atoms with Crippen molar-refractivity contribution in [3.8, 4) is 0 Å². The fourth-order valence-corrected chi connectivity index (χ4v) is 3.74. The summed E-state index contributed by atoms with van der Waals surface area (Å²) < 4.78 is 8.53. The summed E-state index contributed by atoms with van der Waals surface area (Å²) in [5, 5.41) is 16.9. The van der Waals surface area contributed by atoms with E-state index in [1.807, 2.05) is 6.07 Å². The molecule has 3 aromatic heterocycles. The first-order valence-electron chi connectivity index (χ1n) is 9.71. The lowest BCUT2D eigenvalue weighted by Gasteiger charge is -2.15. The van der Waals surface area contributed by atoms with E-state index in [2.05, 4.69) is 25.3 Å². The molecule has 4 heterocycles. The number of aromatic nitrogens is 6. The number of hydrogen-bond acceptors (Lipinski definition) is 8. The average Bonchev–Trinajstić information content (AvgIpc) is 3.46. The third kappa shape index (κ3) is 2.97. The van der Waals surface area contributed by atoms with Crippen molar-refractivity contribution < 1.29 is 9.53 Å². The van der Waals surface area contributed by atoms with Gasteiger partial charge in [-0.1, -0.05) is 12.1 Å². The third-order valence-corrected chi connectivity index (χ3v) is 5.32. The normalized spacial score (nSPS) is 14.0. The Morgan fingerprint density at radius 3 is 2.60 bits per heavy atom. The molecule has 5 rings (SSSR count). The molecule has 1 aliphatic heterocycles. The van der Waals surface area contributed by atoms with Crippen molar-refractivity contribution in [3.05, 3.63) is 58.3 Å². The largest absolute Gasteiger partial charge is 0.453 e. The highest BCUT2D eigenvalue weighted by atomic mass is 16.5. The summed E-state index contributed by atoms with van der Waals surface area (Å²) in [5.74, 6) is 0.951. The summed E-state index contributed by atoms with van der Waals surface area (Å²) >= 11 is 0. The van der Waals surface area contributed by atoms with Crippen LogP contribution < -0.4 is 10.5 Å². The number of carbonyl (C=O) groups is 1. The molecule has 0 saturated carbocycles. The standard InChI is InChI=1S/C20H19N7O3/c1-25-18(28)13-6-2-3-7-15(13)27-17(23-24-20(25)27)12-30-19(29)14-8-9-16(22-21-14)26-10-4-5-11-26/h2-3,6-9H,4-5,10-12H2,1H3. The molecular weight excluding hydrogens is 386 g/mol. The van der Waals surface area contributed by atoms with Crippen molar-refractivity contribution in [2.24, 2.45) is 7.05 Å². The minimum absolute atomic E-state index is 0.113. The Hall–Kier alpha value is -3.82. The maximum absolute atomic E-state index is 12.5. The van der Waals surface area contributed by atoms with Gasteiger partial charge in [0.15, 0.2) is 23.9 Å². The number of para-hydroxylation sites is 1. The molecule has 0 aliphatic carbocycles. The van der Waals surface area contributed by atoms with Crippen molar-refractivity contribution >= 4 is 28.5 Å². The quantitative estimate of drug-likeness (QED) is 0.468. The molecule has 30 heavy (non-hydrogen) atoms. The van der Waals surface area contributed by atoms with Gasteiger partial charge in [0.2, 0.25) is 5.78 Å². The first kappa shape index (κ1) is 18.2. The van der Waals surface area contributed by atoms with E-state index in [9.17, 15) is 9.59 Å². The highest BCUT2D eigenvalue weighted by Gasteiger charge is 2.18. The molecule has 0 atom stereocenters. The van der Waals surface area contributed by atoms with Gasteiger partial charge in [0.25, 0.3) is 5.56 Å². The second kappa shape index (κ2) is 7.21. The maximum atomic E-state index is 12.5. The van der Waals surface area contributed by atoms with Gasteiger partial charge in [0, 0.05) is 20.1 Å². The van der Waals surface area contributed by atoms with Gasteiger partial charge >= 0.3 is 5.97 Å². The summed E-state index contributed by atoms with van der Waals surface area (Å²) in [5.41, 5.74) is 0.618. The van der Waals surface area contributed by atoms with Gasteiger partial charge in [-0.25, -0.2) is 4.79 Å². The molecule has 0 N–H and O–H groups in total. The molecule has 0 amide bonds. The van der Waals surface area contributed by atoms with Crippen molar-refractivity contribution in [3.63, 3.8) is 0 Å². The number of esters is 1. The number of carbonyl (C=O) groups excluding carboxylic acids is 1. The van der Waals surface area contributed by atoms with Crippen molar-refractivity contribution in [1.82, 2.24) is 29.4 Å². The number of rotatable bonds is 4. The summed E-state index contributed by atoms with van der Waals surface area (Å²) in [4.78, 5) is 27.1. The Balaban J connectivity index is 1.40. The molecule has 1 fully saturated rings. The van der Waals surface area contributed by atoms with E-state index >= 15 is 0 Å². The average molecular weight is 405 g/mol. The van der Waals surface area contributed by atoms with Crippen LogP contribution in [0, 0.1) is 0 Å². The van der Waals surface area contributed by atoms with E-state index in [1.165, 1.54) is 4.57 Å². The van der Waals surface area contributed by atoms with E-state index in [-0.39, 0.29) is 17.9 Å². The topological polar surface area (TPSA) is 108 Å². The summed E-state index contributed by atoms with van der Waals surface area (Å²) in [6.45, 7) is 1.79. The molecule has 4 aromatic rings. The lowest BCUT2D eigenvalue weighted by molar-refractivity contribution is 0.0453. The predicted octanol–water partition coefficient (Wildman–Crippen LogP) is 1.33. The van der Waals surface area contributed by atoms with Crippen LogP contribution in [0.1, 0.15) is 29.2 Å². The number of hydrogen-bond donors (Lipinski definition) is 0. The number of nitrogens with zero attached hydrogens (tertiary/aromatic N) is 7. The summed E-state index contributed by atoms with van der Waals surface area (Å²) in [6.07, 6.45) is 2.27. The fraction of sp³-hybridized carbons (Fsp3) is 0.300. The zero-order chi connectivity index (χ0) is 20.7. The van der Waals surface area contributed by atoms with Crippen LogP contribution in [0.3, 0.4) is 0 Å². The van der Waals surface area contributed by atoms with Crippen LogP contribution >= 0.6 is 0 Å². The van der Waals surface area contributed by atoms with Crippen LogP contribution in [0.25, 0.3) is 16.7 Å². The summed E-state index contributed by atoms with van der Waals surface area (Å²) in [7, 11) is 1.63. The zero-order valence-corrected chi connectivity index (χ0v) is 16.4. The Labute approximate surface area is 170 Å². The SMILES string of the molecule is Cn1c(=O)c2ccccc2n2c(COC(=O)c3ccc(N4CCCC4)nn3)nnc12. The number of fused-ring (bicyclic) bond motifs is 3. The zero-order valence-electron chi connectivity index (χ0n) is 16.4. The molecule has 0 unspecified atom stereocenters. The lowest BCUT2D eigenvalue weighted by atomic mass is 10.2. The van der Waals surface area contributed by atoms with Crippen LogP contribution in [-0.4, -0.2) is 48.4 Å². The van der Waals surface area contributed by atoms with Gasteiger partial charge < -0.3 is 9.64 Å². The molecule has 1 saturated heterocycles. The van der Waals surface area contributed by atoms with Crippen molar-refractivity contribution in [2.45, 2.75) is 19.4 Å². The minimum atomic E-state index is -0.596. The molecule has 0 bridgehead atoms. The first-order chi connectivity index (χ1) is 14.6. The minimum Gasteiger partial charge on any atom is -0.453 e. The van der Waals surface area contributed by atoms with Gasteiger partial charge in [0.1, 0.15) is 0 Å². The van der Waals surface area contributed by atoms with E-state index in [0.29, 0.717) is 22.5 Å². The number of aryl methyl sites for hydroxylation is 1. The summed E-state index contributed by atoms with van der Waals surface area (Å²) in [6, 6.07) is 10.6. The van der Waals surface area contributed by atoms with E-state index in [0.717, 1.165) is 31.7 Å². The van der Waals surface area contributed by atoms with Gasteiger partial charge in [-0.2, -0.15) is 0 Å². The molecule has 152 valence electrons. The van der Waals surface area contributed by atoms with E-state index < -0.39 is 5.97 Å². The van der Waals surface area contributed by atoms with Crippen LogP contribution in [0.2, 0.25) is 0 Å². The molecule has 10 heteroatoms. The van der Waals surface area contributed by atoms with Crippen molar-refractivity contribution in [2.75, 3.05) is 18.0 Å². The Morgan fingerprint density at radius 2 is 1.83 bits per heavy atom. The van der Waals surface area contributed by atoms with Gasteiger partial charge in [-0.05, 0) is 37.1 Å². The monoisotopic (exact) mass is 405 g/mol. The van der Waals surface area contributed by atoms with E-state index in [4.69, 9.17) is 4.74 Å². The predicted molar refractivity (Wildman–Crippen MR) is 108 cm³/mol. The molecule has 1 aromatic carbocycles. The molecule has 1 aliphatic rings. The van der Waals surface area contributed by atoms with Crippen LogP contribution in [0.4, 0.5) is 5.82 Å². The fourth-order valence-electron chi connectivity index (χ4n) is 3.74. The second-order valence-electron chi connectivity index (χ2n) is 7.18. The van der Waals surface area contributed by atoms with Crippen LogP contribution in [0.5, 0.6) is 0 Å². The maximum Gasteiger partial charge on any atom is 0.359 e. The molecule has 0 spiro atoms. The lowest BCUT2D eigenvalue weighted by Crippen LogP contribution is -2.21. The highest BCUT2D eigenvalue weighted by Crippen LogP contribution is 2.17. The molecule has 0 radical (unpaired) electrons. The number of ether oxygens (including phenoxy) is 1. The van der Waals surface area contributed by atoms with Crippen LogP contribution in [-0.2, 0) is 18.4 Å². The van der Waals surface area contributed by atoms with Crippen LogP contribution in [0.15, 0.2) is 41.2 Å². The molecular formula is C20H19N7O3. The Kier molecular flexibility index (Phi) is 4.38. The first-order valence-corrected chi connectivity index (χ1v) is 9.71. The molecule has 10 nitrogen and oxygen atoms in total.